The van der Waals surface area contributed by atoms with Crippen LogP contribution in [-0.4, -0.2) is 12.6 Å². The summed E-state index contributed by atoms with van der Waals surface area (Å²) in [4.78, 5) is 11.1. The molecule has 0 N–H and O–H groups in total. The molecule has 1 aromatic carbocycles. The molecular formula is C13H17ClO2. The van der Waals surface area contributed by atoms with Crippen LogP contribution in [0.25, 0.3) is 0 Å². The smallest absolute Gasteiger partial charge is 0.305 e. The van der Waals surface area contributed by atoms with Crippen LogP contribution in [0.2, 0.25) is 5.02 Å². The minimum Gasteiger partial charge on any atom is -0.465 e. The highest BCUT2D eigenvalue weighted by atomic mass is 35.5. The SMILES string of the molecule is CCC(=O)OCC(C)(C)c1cccc(Cl)c1. The Hall–Kier alpha value is -1.02. The molecule has 0 aliphatic carbocycles. The first-order valence-electron chi connectivity index (χ1n) is 5.37. The number of benzene rings is 1. The van der Waals surface area contributed by atoms with Gasteiger partial charge in [0.15, 0.2) is 0 Å². The standard InChI is InChI=1S/C13H17ClO2/c1-4-12(15)16-9-13(2,3)10-6-5-7-11(14)8-10/h5-8H,4,9H2,1-3H3. The Bertz CT molecular complexity index is 372. The van der Waals surface area contributed by atoms with Gasteiger partial charge in [-0.25, -0.2) is 0 Å². The quantitative estimate of drug-likeness (QED) is 0.752. The van der Waals surface area contributed by atoms with Gasteiger partial charge in [-0.05, 0) is 17.7 Å². The molecule has 88 valence electrons. The number of carbonyl (C=O) groups excluding carboxylic acids is 1. The van der Waals surface area contributed by atoms with Crippen LogP contribution in [0.1, 0.15) is 32.8 Å². The molecule has 0 bridgehead atoms. The molecule has 0 saturated carbocycles. The first-order valence-corrected chi connectivity index (χ1v) is 5.75. The highest BCUT2D eigenvalue weighted by Gasteiger charge is 2.22. The predicted octanol–water partition coefficient (Wildman–Crippen LogP) is 3.57. The van der Waals surface area contributed by atoms with E-state index in [1.165, 1.54) is 0 Å². The Morgan fingerprint density at radius 2 is 2.12 bits per heavy atom. The van der Waals surface area contributed by atoms with Gasteiger partial charge < -0.3 is 4.74 Å². The predicted molar refractivity (Wildman–Crippen MR) is 65.7 cm³/mol. The molecular weight excluding hydrogens is 224 g/mol. The number of rotatable bonds is 4. The lowest BCUT2D eigenvalue weighted by atomic mass is 9.86. The maximum Gasteiger partial charge on any atom is 0.305 e. The van der Waals surface area contributed by atoms with Crippen molar-refractivity contribution in [1.82, 2.24) is 0 Å². The first kappa shape index (κ1) is 13.0. The summed E-state index contributed by atoms with van der Waals surface area (Å²) in [6.45, 7) is 6.22. The van der Waals surface area contributed by atoms with E-state index in [4.69, 9.17) is 16.3 Å². The van der Waals surface area contributed by atoms with E-state index in [1.807, 2.05) is 38.1 Å². The summed E-state index contributed by atoms with van der Waals surface area (Å²) in [6.07, 6.45) is 0.408. The van der Waals surface area contributed by atoms with Crippen molar-refractivity contribution in [3.05, 3.63) is 34.9 Å². The van der Waals surface area contributed by atoms with Crippen molar-refractivity contribution in [3.8, 4) is 0 Å². The summed E-state index contributed by atoms with van der Waals surface area (Å²) in [5, 5.41) is 0.701. The molecule has 0 aliphatic rings. The van der Waals surface area contributed by atoms with E-state index in [-0.39, 0.29) is 11.4 Å². The van der Waals surface area contributed by atoms with Crippen LogP contribution in [0.15, 0.2) is 24.3 Å². The summed E-state index contributed by atoms with van der Waals surface area (Å²) in [5.74, 6) is -0.171. The second-order valence-corrected chi connectivity index (χ2v) is 4.84. The average molecular weight is 241 g/mol. The maximum absolute atomic E-state index is 11.1. The first-order chi connectivity index (χ1) is 7.45. The van der Waals surface area contributed by atoms with Gasteiger partial charge in [0.1, 0.15) is 6.61 Å². The molecule has 16 heavy (non-hydrogen) atoms. The lowest BCUT2D eigenvalue weighted by Gasteiger charge is -2.24. The molecule has 0 fully saturated rings. The maximum atomic E-state index is 11.1. The van der Waals surface area contributed by atoms with Gasteiger partial charge in [-0.2, -0.15) is 0 Å². The summed E-state index contributed by atoms with van der Waals surface area (Å²) in [6, 6.07) is 7.63. The molecule has 0 atom stereocenters. The van der Waals surface area contributed by atoms with Crippen molar-refractivity contribution in [3.63, 3.8) is 0 Å². The van der Waals surface area contributed by atoms with Crippen molar-refractivity contribution < 1.29 is 9.53 Å². The molecule has 2 nitrogen and oxygen atoms in total. The van der Waals surface area contributed by atoms with Gasteiger partial charge in [0, 0.05) is 16.9 Å². The largest absolute Gasteiger partial charge is 0.465 e. The van der Waals surface area contributed by atoms with Gasteiger partial charge >= 0.3 is 5.97 Å². The van der Waals surface area contributed by atoms with Crippen LogP contribution >= 0.6 is 11.6 Å². The van der Waals surface area contributed by atoms with Crippen LogP contribution in [0.5, 0.6) is 0 Å². The monoisotopic (exact) mass is 240 g/mol. The van der Waals surface area contributed by atoms with Gasteiger partial charge in [-0.1, -0.05) is 44.5 Å². The third-order valence-electron chi connectivity index (χ3n) is 2.49. The Labute approximate surface area is 102 Å². The minimum atomic E-state index is -0.213. The third kappa shape index (κ3) is 3.53. The zero-order valence-electron chi connectivity index (χ0n) is 9.92. The van der Waals surface area contributed by atoms with Crippen molar-refractivity contribution in [2.24, 2.45) is 0 Å². The lowest BCUT2D eigenvalue weighted by Crippen LogP contribution is -2.26. The highest BCUT2D eigenvalue weighted by molar-refractivity contribution is 6.30. The molecule has 0 aliphatic heterocycles. The fourth-order valence-electron chi connectivity index (χ4n) is 1.36. The molecule has 0 spiro atoms. The zero-order chi connectivity index (χ0) is 12.2. The number of hydrogen-bond acceptors (Lipinski definition) is 2. The molecule has 0 amide bonds. The van der Waals surface area contributed by atoms with E-state index in [1.54, 1.807) is 6.92 Å². The molecule has 1 aromatic rings. The Kier molecular flexibility index (Phi) is 4.36. The molecule has 0 aromatic heterocycles. The van der Waals surface area contributed by atoms with Gasteiger partial charge in [0.25, 0.3) is 0 Å². The highest BCUT2D eigenvalue weighted by Crippen LogP contribution is 2.25. The van der Waals surface area contributed by atoms with Gasteiger partial charge in [-0.15, -0.1) is 0 Å². The Morgan fingerprint density at radius 1 is 1.44 bits per heavy atom. The van der Waals surface area contributed by atoms with Crippen molar-refractivity contribution in [2.45, 2.75) is 32.6 Å². The summed E-state index contributed by atoms with van der Waals surface area (Å²) >= 11 is 5.93. The topological polar surface area (TPSA) is 26.3 Å². The minimum absolute atomic E-state index is 0.171. The molecule has 0 radical (unpaired) electrons. The molecule has 3 heteroatoms. The number of ether oxygens (including phenoxy) is 1. The Morgan fingerprint density at radius 3 is 2.69 bits per heavy atom. The van der Waals surface area contributed by atoms with E-state index in [0.29, 0.717) is 18.1 Å². The third-order valence-corrected chi connectivity index (χ3v) is 2.72. The molecule has 1 rings (SSSR count). The van der Waals surface area contributed by atoms with Crippen molar-refractivity contribution >= 4 is 17.6 Å². The average Bonchev–Trinajstić information content (AvgIpc) is 2.26. The molecule has 0 unspecified atom stereocenters. The number of esters is 1. The van der Waals surface area contributed by atoms with Gasteiger partial charge in [0.05, 0.1) is 0 Å². The van der Waals surface area contributed by atoms with E-state index < -0.39 is 0 Å². The van der Waals surface area contributed by atoms with Crippen LogP contribution in [0.4, 0.5) is 0 Å². The lowest BCUT2D eigenvalue weighted by molar-refractivity contribution is -0.144. The normalized spacial score (nSPS) is 11.2. The van der Waals surface area contributed by atoms with Crippen LogP contribution < -0.4 is 0 Å². The second kappa shape index (κ2) is 5.35. The van der Waals surface area contributed by atoms with E-state index >= 15 is 0 Å². The van der Waals surface area contributed by atoms with Crippen LogP contribution in [-0.2, 0) is 14.9 Å². The van der Waals surface area contributed by atoms with Crippen LogP contribution in [0, 0.1) is 0 Å². The second-order valence-electron chi connectivity index (χ2n) is 4.41. The summed E-state index contributed by atoms with van der Waals surface area (Å²) in [7, 11) is 0. The van der Waals surface area contributed by atoms with Crippen LogP contribution in [0.3, 0.4) is 0 Å². The van der Waals surface area contributed by atoms with E-state index in [0.717, 1.165) is 5.56 Å². The fourth-order valence-corrected chi connectivity index (χ4v) is 1.55. The van der Waals surface area contributed by atoms with Gasteiger partial charge in [-0.3, -0.25) is 4.79 Å². The molecule has 0 heterocycles. The Balaban J connectivity index is 2.73. The van der Waals surface area contributed by atoms with Crippen molar-refractivity contribution in [1.29, 1.82) is 0 Å². The summed E-state index contributed by atoms with van der Waals surface area (Å²) < 4.78 is 5.17. The fraction of sp³-hybridized carbons (Fsp3) is 0.462. The van der Waals surface area contributed by atoms with E-state index in [2.05, 4.69) is 0 Å². The number of halogens is 1. The van der Waals surface area contributed by atoms with E-state index in [9.17, 15) is 4.79 Å². The number of carbonyl (C=O) groups is 1. The summed E-state index contributed by atoms with van der Waals surface area (Å²) in [5.41, 5.74) is 0.860. The molecule has 0 saturated heterocycles. The van der Waals surface area contributed by atoms with Gasteiger partial charge in [0.2, 0.25) is 0 Å². The zero-order valence-corrected chi connectivity index (χ0v) is 10.7. The number of hydrogen-bond donors (Lipinski definition) is 0. The van der Waals surface area contributed by atoms with Crippen molar-refractivity contribution in [2.75, 3.05) is 6.61 Å².